The number of rotatable bonds is 8. The van der Waals surface area contributed by atoms with Crippen LogP contribution in [0.1, 0.15) is 26.5 Å². The van der Waals surface area contributed by atoms with Crippen LogP contribution in [0.3, 0.4) is 0 Å². The second-order valence-corrected chi connectivity index (χ2v) is 9.60. The van der Waals surface area contributed by atoms with Gasteiger partial charge in [-0.3, -0.25) is 24.4 Å². The third-order valence-electron chi connectivity index (χ3n) is 7.12. The number of pyridine rings is 1. The van der Waals surface area contributed by atoms with Gasteiger partial charge in [-0.15, -0.1) is 0 Å². The van der Waals surface area contributed by atoms with Crippen molar-refractivity contribution < 1.29 is 23.5 Å². The van der Waals surface area contributed by atoms with Gasteiger partial charge in [0.2, 0.25) is 5.76 Å². The Morgan fingerprint density at radius 1 is 1.10 bits per heavy atom. The van der Waals surface area contributed by atoms with Gasteiger partial charge in [-0.1, -0.05) is 6.07 Å². The average molecular weight is 534 g/mol. The summed E-state index contributed by atoms with van der Waals surface area (Å²) in [5.41, 5.74) is 2.88. The summed E-state index contributed by atoms with van der Waals surface area (Å²) in [6.45, 7) is 8.33. The molecular formula is C27H31N7O5. The third kappa shape index (κ3) is 5.58. The van der Waals surface area contributed by atoms with Crippen LogP contribution < -0.4 is 25.2 Å². The summed E-state index contributed by atoms with van der Waals surface area (Å²) in [4.78, 5) is 40.5. The monoisotopic (exact) mass is 533 g/mol. The molecule has 204 valence electrons. The number of piperazine rings is 1. The van der Waals surface area contributed by atoms with Gasteiger partial charge in [0.1, 0.15) is 12.4 Å². The van der Waals surface area contributed by atoms with E-state index in [4.69, 9.17) is 13.9 Å². The number of aromatic nitrogens is 2. The summed E-state index contributed by atoms with van der Waals surface area (Å²) in [7, 11) is 0. The van der Waals surface area contributed by atoms with E-state index < -0.39 is 5.91 Å². The molecule has 12 nitrogen and oxygen atoms in total. The minimum absolute atomic E-state index is 0.0102. The van der Waals surface area contributed by atoms with Gasteiger partial charge in [-0.05, 0) is 23.8 Å². The summed E-state index contributed by atoms with van der Waals surface area (Å²) in [5.74, 6) is -0.0543. The number of anilines is 3. The fourth-order valence-electron chi connectivity index (χ4n) is 4.99. The number of morpholine rings is 1. The first-order chi connectivity index (χ1) is 19.2. The molecule has 2 amide bonds. The molecule has 3 aromatic rings. The fourth-order valence-corrected chi connectivity index (χ4v) is 4.99. The second kappa shape index (κ2) is 11.4. The zero-order valence-corrected chi connectivity index (χ0v) is 21.6. The number of fused-ring (bicyclic) bond motifs is 1. The number of carbonyl (C=O) groups excluding carboxylic acids is 2. The first kappa shape index (κ1) is 25.3. The number of hydrogen-bond donors (Lipinski definition) is 2. The molecule has 12 heteroatoms. The second-order valence-electron chi connectivity index (χ2n) is 9.60. The average Bonchev–Trinajstić information content (AvgIpc) is 3.59. The number of nitrogens with one attached hydrogen (secondary N) is 2. The van der Waals surface area contributed by atoms with Crippen molar-refractivity contribution in [3.63, 3.8) is 0 Å². The molecule has 2 saturated heterocycles. The molecule has 3 aliphatic rings. The van der Waals surface area contributed by atoms with Crippen LogP contribution in [0.15, 0.2) is 47.3 Å². The molecule has 0 aliphatic carbocycles. The number of oxazole rings is 1. The van der Waals surface area contributed by atoms with Crippen molar-refractivity contribution in [3.05, 3.63) is 59.7 Å². The normalized spacial score (nSPS) is 17.8. The lowest BCUT2D eigenvalue weighted by Gasteiger charge is -2.30. The zero-order chi connectivity index (χ0) is 26.6. The van der Waals surface area contributed by atoms with Crippen molar-refractivity contribution in [1.82, 2.24) is 20.2 Å². The first-order valence-corrected chi connectivity index (χ1v) is 13.2. The van der Waals surface area contributed by atoms with Crippen molar-refractivity contribution in [2.24, 2.45) is 0 Å². The highest BCUT2D eigenvalue weighted by Crippen LogP contribution is 2.31. The predicted molar refractivity (Wildman–Crippen MR) is 143 cm³/mol. The Morgan fingerprint density at radius 3 is 2.79 bits per heavy atom. The van der Waals surface area contributed by atoms with Gasteiger partial charge in [-0.25, -0.2) is 4.98 Å². The Balaban J connectivity index is 1.09. The largest absolute Gasteiger partial charge is 0.492 e. The lowest BCUT2D eigenvalue weighted by atomic mass is 10.1. The van der Waals surface area contributed by atoms with Crippen molar-refractivity contribution in [2.75, 3.05) is 80.8 Å². The van der Waals surface area contributed by atoms with Crippen molar-refractivity contribution in [3.8, 4) is 5.75 Å². The molecule has 0 atom stereocenters. The summed E-state index contributed by atoms with van der Waals surface area (Å²) in [6.07, 6.45) is 4.66. The molecule has 0 saturated carbocycles. The van der Waals surface area contributed by atoms with E-state index in [0.717, 1.165) is 70.3 Å². The standard InChI is InChI=1S/C27H31N7O5/c35-25(31-22-16-29-4-3-23(22)33-7-5-28-6-8-33)24-17-30-27(39-24)34-18-19-1-2-20(15-21(19)26(34)36)38-14-11-32-9-12-37-13-10-32/h1-4,15-17,28H,5-14,18H2,(H,31,35). The molecule has 0 unspecified atom stereocenters. The van der Waals surface area contributed by atoms with E-state index in [1.54, 1.807) is 18.5 Å². The van der Waals surface area contributed by atoms with Gasteiger partial charge < -0.3 is 29.4 Å². The molecule has 39 heavy (non-hydrogen) atoms. The fraction of sp³-hybridized carbons (Fsp3) is 0.407. The molecule has 6 rings (SSSR count). The van der Waals surface area contributed by atoms with E-state index in [0.29, 0.717) is 30.2 Å². The number of benzene rings is 1. The van der Waals surface area contributed by atoms with E-state index in [1.165, 1.54) is 11.1 Å². The van der Waals surface area contributed by atoms with E-state index in [2.05, 4.69) is 30.4 Å². The topological polar surface area (TPSA) is 125 Å². The van der Waals surface area contributed by atoms with Crippen LogP contribution in [0, 0.1) is 0 Å². The third-order valence-corrected chi connectivity index (χ3v) is 7.12. The highest BCUT2D eigenvalue weighted by Gasteiger charge is 2.32. The Labute approximate surface area is 225 Å². The molecule has 2 fully saturated rings. The van der Waals surface area contributed by atoms with Crippen LogP contribution >= 0.6 is 0 Å². The molecule has 0 spiro atoms. The summed E-state index contributed by atoms with van der Waals surface area (Å²) >= 11 is 0. The Hall–Kier alpha value is -4.00. The van der Waals surface area contributed by atoms with Crippen LogP contribution in [0.4, 0.5) is 17.4 Å². The summed E-state index contributed by atoms with van der Waals surface area (Å²) in [6, 6.07) is 7.46. The van der Waals surface area contributed by atoms with Crippen LogP contribution in [-0.2, 0) is 11.3 Å². The van der Waals surface area contributed by atoms with Crippen LogP contribution in [0.25, 0.3) is 0 Å². The molecule has 0 bridgehead atoms. The first-order valence-electron chi connectivity index (χ1n) is 13.2. The molecule has 2 N–H and O–H groups in total. The maximum Gasteiger partial charge on any atom is 0.305 e. The van der Waals surface area contributed by atoms with E-state index in [1.807, 2.05) is 18.2 Å². The lowest BCUT2D eigenvalue weighted by Crippen LogP contribution is -2.43. The molecule has 1 aromatic carbocycles. The molecule has 2 aromatic heterocycles. The van der Waals surface area contributed by atoms with Gasteiger partial charge in [0.05, 0.1) is 43.5 Å². The van der Waals surface area contributed by atoms with Gasteiger partial charge in [0.25, 0.3) is 11.8 Å². The maximum atomic E-state index is 13.2. The summed E-state index contributed by atoms with van der Waals surface area (Å²) < 4.78 is 17.0. The Bertz CT molecular complexity index is 1330. The molecular weight excluding hydrogens is 502 g/mol. The lowest BCUT2D eigenvalue weighted by molar-refractivity contribution is 0.0322. The number of amides is 2. The predicted octanol–water partition coefficient (Wildman–Crippen LogP) is 1.60. The van der Waals surface area contributed by atoms with E-state index in [9.17, 15) is 9.59 Å². The van der Waals surface area contributed by atoms with Crippen LogP contribution in [0.2, 0.25) is 0 Å². The quantitative estimate of drug-likeness (QED) is 0.441. The van der Waals surface area contributed by atoms with Crippen molar-refractivity contribution in [2.45, 2.75) is 6.54 Å². The minimum atomic E-state index is -0.460. The Kier molecular flexibility index (Phi) is 7.39. The number of ether oxygens (including phenoxy) is 2. The SMILES string of the molecule is O=C(Nc1cnccc1N1CCNCC1)c1cnc(N2Cc3ccc(OCCN4CCOCC4)cc3C2=O)o1. The highest BCUT2D eigenvalue weighted by molar-refractivity contribution is 6.09. The molecule has 5 heterocycles. The van der Waals surface area contributed by atoms with Crippen LogP contribution in [0.5, 0.6) is 5.75 Å². The summed E-state index contributed by atoms with van der Waals surface area (Å²) in [5, 5.41) is 6.20. The van der Waals surface area contributed by atoms with Gasteiger partial charge in [0.15, 0.2) is 0 Å². The van der Waals surface area contributed by atoms with Gasteiger partial charge in [0, 0.05) is 57.6 Å². The van der Waals surface area contributed by atoms with E-state index >= 15 is 0 Å². The van der Waals surface area contributed by atoms with Crippen molar-refractivity contribution in [1.29, 1.82) is 0 Å². The van der Waals surface area contributed by atoms with Crippen LogP contribution in [-0.4, -0.2) is 92.3 Å². The van der Waals surface area contributed by atoms with Crippen molar-refractivity contribution >= 4 is 29.2 Å². The minimum Gasteiger partial charge on any atom is -0.492 e. The number of hydrogen-bond acceptors (Lipinski definition) is 10. The molecule has 0 radical (unpaired) electrons. The number of nitrogens with zero attached hydrogens (tertiary/aromatic N) is 5. The van der Waals surface area contributed by atoms with Gasteiger partial charge >= 0.3 is 6.01 Å². The highest BCUT2D eigenvalue weighted by atomic mass is 16.5. The maximum absolute atomic E-state index is 13.2. The molecule has 3 aliphatic heterocycles. The Morgan fingerprint density at radius 2 is 1.95 bits per heavy atom. The smallest absolute Gasteiger partial charge is 0.305 e. The number of carbonyl (C=O) groups is 2. The van der Waals surface area contributed by atoms with E-state index in [-0.39, 0.29) is 17.7 Å². The zero-order valence-electron chi connectivity index (χ0n) is 21.6. The van der Waals surface area contributed by atoms with Gasteiger partial charge in [-0.2, -0.15) is 0 Å².